The maximum absolute atomic E-state index is 11.8. The maximum atomic E-state index is 11.8. The Hall–Kier alpha value is -2.89. The van der Waals surface area contributed by atoms with E-state index in [-0.39, 0.29) is 17.8 Å². The van der Waals surface area contributed by atoms with Gasteiger partial charge in [-0.15, -0.1) is 0 Å². The molecule has 1 aromatic heterocycles. The molecule has 0 aliphatic heterocycles. The van der Waals surface area contributed by atoms with Crippen LogP contribution in [0.5, 0.6) is 0 Å². The van der Waals surface area contributed by atoms with Gasteiger partial charge in [-0.25, -0.2) is 9.78 Å². The third kappa shape index (κ3) is 4.79. The quantitative estimate of drug-likeness (QED) is 0.757. The lowest BCUT2D eigenvalue weighted by Crippen LogP contribution is -2.13. The summed E-state index contributed by atoms with van der Waals surface area (Å²) >= 11 is 0. The molecule has 2 aromatic rings. The number of nitrogens with zero attached hydrogens (tertiary/aromatic N) is 1. The van der Waals surface area contributed by atoms with Crippen LogP contribution in [-0.2, 0) is 16.1 Å². The highest BCUT2D eigenvalue weighted by atomic mass is 16.5. The molecule has 0 bridgehead atoms. The van der Waals surface area contributed by atoms with Gasteiger partial charge in [0.15, 0.2) is 0 Å². The molecule has 3 rings (SSSR count). The second-order valence-electron chi connectivity index (χ2n) is 5.97. The van der Waals surface area contributed by atoms with Gasteiger partial charge in [0.05, 0.1) is 12.2 Å². The number of carbonyl (C=O) groups is 2. The van der Waals surface area contributed by atoms with Crippen LogP contribution in [0.1, 0.15) is 35.7 Å². The molecule has 1 saturated carbocycles. The van der Waals surface area contributed by atoms with Crippen molar-refractivity contribution < 1.29 is 14.3 Å². The minimum absolute atomic E-state index is 0.0985. The zero-order valence-electron chi connectivity index (χ0n) is 14.1. The van der Waals surface area contributed by atoms with Crippen LogP contribution in [0.4, 0.5) is 11.5 Å². The molecule has 2 N–H and O–H groups in total. The highest BCUT2D eigenvalue weighted by Gasteiger charge is 2.29. The van der Waals surface area contributed by atoms with Crippen molar-refractivity contribution >= 4 is 23.4 Å². The van der Waals surface area contributed by atoms with E-state index in [1.807, 2.05) is 24.3 Å². The van der Waals surface area contributed by atoms with Gasteiger partial charge in [0, 0.05) is 24.3 Å². The number of aromatic nitrogens is 1. The maximum Gasteiger partial charge on any atom is 0.339 e. The monoisotopic (exact) mass is 339 g/mol. The number of hydrogen-bond donors (Lipinski definition) is 2. The summed E-state index contributed by atoms with van der Waals surface area (Å²) in [5, 5.41) is 6.14. The number of ether oxygens (including phenoxy) is 1. The van der Waals surface area contributed by atoms with Crippen LogP contribution >= 0.6 is 0 Å². The van der Waals surface area contributed by atoms with Crippen molar-refractivity contribution in [1.29, 1.82) is 0 Å². The predicted octanol–water partition coefficient (Wildman–Crippen LogP) is 3.22. The molecule has 0 atom stereocenters. The average molecular weight is 339 g/mol. The predicted molar refractivity (Wildman–Crippen MR) is 95.3 cm³/mol. The Bertz CT molecular complexity index is 755. The van der Waals surface area contributed by atoms with E-state index in [9.17, 15) is 9.59 Å². The van der Waals surface area contributed by atoms with Crippen LogP contribution in [-0.4, -0.2) is 23.5 Å². The standard InChI is InChI=1S/C19H21N3O3/c1-2-25-19(24)15-8-9-17(21-12-15)20-11-13-4-3-5-16(10-13)22-18(23)14-6-7-14/h3-5,8-10,12,14H,2,6-7,11H2,1H3,(H,20,21)(H,22,23). The third-order valence-corrected chi connectivity index (χ3v) is 3.89. The second kappa shape index (κ2) is 7.79. The summed E-state index contributed by atoms with van der Waals surface area (Å²) in [5.41, 5.74) is 2.27. The van der Waals surface area contributed by atoms with Crippen LogP contribution in [0.2, 0.25) is 0 Å². The molecule has 130 valence electrons. The summed E-state index contributed by atoms with van der Waals surface area (Å²) in [6.45, 7) is 2.67. The first-order chi connectivity index (χ1) is 12.2. The Balaban J connectivity index is 1.56. The molecule has 1 aliphatic rings. The van der Waals surface area contributed by atoms with Crippen molar-refractivity contribution in [3.05, 3.63) is 53.7 Å². The Morgan fingerprint density at radius 2 is 2.08 bits per heavy atom. The average Bonchev–Trinajstić information content (AvgIpc) is 3.46. The molecule has 6 nitrogen and oxygen atoms in total. The van der Waals surface area contributed by atoms with Gasteiger partial charge in [-0.05, 0) is 49.6 Å². The normalized spacial score (nSPS) is 13.2. The Labute approximate surface area is 146 Å². The minimum Gasteiger partial charge on any atom is -0.462 e. The molecule has 1 aromatic carbocycles. The molecule has 1 amide bonds. The van der Waals surface area contributed by atoms with Gasteiger partial charge < -0.3 is 15.4 Å². The minimum atomic E-state index is -0.374. The van der Waals surface area contributed by atoms with Gasteiger partial charge in [-0.3, -0.25) is 4.79 Å². The highest BCUT2D eigenvalue weighted by molar-refractivity contribution is 5.94. The molecule has 0 unspecified atom stereocenters. The number of anilines is 2. The smallest absolute Gasteiger partial charge is 0.339 e. The lowest BCUT2D eigenvalue weighted by atomic mass is 10.2. The first kappa shape index (κ1) is 17.0. The number of hydrogen-bond acceptors (Lipinski definition) is 5. The van der Waals surface area contributed by atoms with E-state index in [4.69, 9.17) is 4.74 Å². The van der Waals surface area contributed by atoms with Crippen molar-refractivity contribution in [1.82, 2.24) is 4.98 Å². The molecule has 0 spiro atoms. The molecule has 25 heavy (non-hydrogen) atoms. The van der Waals surface area contributed by atoms with E-state index in [0.29, 0.717) is 24.5 Å². The summed E-state index contributed by atoms with van der Waals surface area (Å²) in [6.07, 6.45) is 3.47. The van der Waals surface area contributed by atoms with E-state index in [1.54, 1.807) is 19.1 Å². The van der Waals surface area contributed by atoms with Crippen LogP contribution in [0, 0.1) is 5.92 Å². The number of carbonyl (C=O) groups excluding carboxylic acids is 2. The summed E-state index contributed by atoms with van der Waals surface area (Å²) in [4.78, 5) is 27.6. The Morgan fingerprint density at radius 1 is 1.24 bits per heavy atom. The van der Waals surface area contributed by atoms with Crippen LogP contribution < -0.4 is 10.6 Å². The Kier molecular flexibility index (Phi) is 5.28. The van der Waals surface area contributed by atoms with Crippen LogP contribution in [0.25, 0.3) is 0 Å². The summed E-state index contributed by atoms with van der Waals surface area (Å²) in [7, 11) is 0. The fraction of sp³-hybridized carbons (Fsp3) is 0.316. The number of nitrogens with one attached hydrogen (secondary N) is 2. The lowest BCUT2D eigenvalue weighted by molar-refractivity contribution is -0.117. The second-order valence-corrected chi connectivity index (χ2v) is 5.97. The van der Waals surface area contributed by atoms with E-state index >= 15 is 0 Å². The van der Waals surface area contributed by atoms with Gasteiger partial charge in [0.2, 0.25) is 5.91 Å². The number of pyridine rings is 1. The van der Waals surface area contributed by atoms with Gasteiger partial charge in [-0.2, -0.15) is 0 Å². The summed E-state index contributed by atoms with van der Waals surface area (Å²) in [6, 6.07) is 11.1. The van der Waals surface area contributed by atoms with Crippen molar-refractivity contribution in [2.24, 2.45) is 5.92 Å². The molecule has 0 saturated heterocycles. The molecule has 6 heteroatoms. The molecule has 1 aliphatic carbocycles. The van der Waals surface area contributed by atoms with Gasteiger partial charge in [0.1, 0.15) is 5.82 Å². The summed E-state index contributed by atoms with van der Waals surface area (Å²) < 4.78 is 4.93. The lowest BCUT2D eigenvalue weighted by Gasteiger charge is -2.09. The molecular formula is C19H21N3O3. The Morgan fingerprint density at radius 3 is 2.76 bits per heavy atom. The fourth-order valence-corrected chi connectivity index (χ4v) is 2.38. The van der Waals surface area contributed by atoms with E-state index in [2.05, 4.69) is 15.6 Å². The zero-order chi connectivity index (χ0) is 17.6. The molecule has 1 heterocycles. The summed E-state index contributed by atoms with van der Waals surface area (Å²) in [5.74, 6) is 0.575. The van der Waals surface area contributed by atoms with Gasteiger partial charge in [0.25, 0.3) is 0 Å². The highest BCUT2D eigenvalue weighted by Crippen LogP contribution is 2.30. The van der Waals surface area contributed by atoms with Crippen molar-refractivity contribution in [3.63, 3.8) is 0 Å². The van der Waals surface area contributed by atoms with Crippen LogP contribution in [0.3, 0.4) is 0 Å². The van der Waals surface area contributed by atoms with Gasteiger partial charge in [-0.1, -0.05) is 12.1 Å². The first-order valence-electron chi connectivity index (χ1n) is 8.42. The molecule has 0 radical (unpaired) electrons. The first-order valence-corrected chi connectivity index (χ1v) is 8.42. The van der Waals surface area contributed by atoms with E-state index < -0.39 is 0 Å². The zero-order valence-corrected chi connectivity index (χ0v) is 14.1. The van der Waals surface area contributed by atoms with Crippen LogP contribution in [0.15, 0.2) is 42.6 Å². The van der Waals surface area contributed by atoms with E-state index in [1.165, 1.54) is 6.20 Å². The largest absolute Gasteiger partial charge is 0.462 e. The van der Waals surface area contributed by atoms with Crippen molar-refractivity contribution in [2.45, 2.75) is 26.3 Å². The number of benzene rings is 1. The van der Waals surface area contributed by atoms with E-state index in [0.717, 1.165) is 24.1 Å². The number of rotatable bonds is 7. The number of esters is 1. The van der Waals surface area contributed by atoms with Crippen molar-refractivity contribution in [2.75, 3.05) is 17.2 Å². The fourth-order valence-electron chi connectivity index (χ4n) is 2.38. The molecular weight excluding hydrogens is 318 g/mol. The van der Waals surface area contributed by atoms with Crippen molar-refractivity contribution in [3.8, 4) is 0 Å². The molecule has 1 fully saturated rings. The topological polar surface area (TPSA) is 80.3 Å². The third-order valence-electron chi connectivity index (χ3n) is 3.89. The van der Waals surface area contributed by atoms with Gasteiger partial charge >= 0.3 is 5.97 Å². The SMILES string of the molecule is CCOC(=O)c1ccc(NCc2cccc(NC(=O)C3CC3)c2)nc1. The number of amides is 1.